The van der Waals surface area contributed by atoms with Gasteiger partial charge in [-0.15, -0.1) is 0 Å². The summed E-state index contributed by atoms with van der Waals surface area (Å²) in [5.74, 6) is 0.542. The molecule has 0 bridgehead atoms. The number of thiocarbonyl (C=S) groups is 1. The number of rotatable bonds is 7. The summed E-state index contributed by atoms with van der Waals surface area (Å²) < 4.78 is 0. The molecule has 0 aliphatic heterocycles. The lowest BCUT2D eigenvalue weighted by atomic mass is 10.0. The number of carbonyl (C=O) groups is 1. The first kappa shape index (κ1) is 14.4. The fraction of sp³-hybridized carbons (Fsp3) is 0.846. The number of nitrogens with one attached hydrogen (secondary N) is 1. The van der Waals surface area contributed by atoms with Gasteiger partial charge in [-0.3, -0.25) is 4.79 Å². The summed E-state index contributed by atoms with van der Waals surface area (Å²) in [6, 6.07) is 0. The topological polar surface area (TPSA) is 55.1 Å². The highest BCUT2D eigenvalue weighted by atomic mass is 32.1. The van der Waals surface area contributed by atoms with Gasteiger partial charge in [-0.25, -0.2) is 0 Å². The molecule has 1 aliphatic rings. The van der Waals surface area contributed by atoms with Crippen molar-refractivity contribution in [2.75, 3.05) is 6.54 Å². The monoisotopic (exact) mass is 256 g/mol. The van der Waals surface area contributed by atoms with Crippen molar-refractivity contribution in [1.29, 1.82) is 0 Å². The van der Waals surface area contributed by atoms with Crippen molar-refractivity contribution in [1.82, 2.24) is 5.32 Å². The van der Waals surface area contributed by atoms with Gasteiger partial charge in [0, 0.05) is 6.54 Å². The van der Waals surface area contributed by atoms with Crippen LogP contribution >= 0.6 is 12.2 Å². The SMILES string of the molecule is CCCC(C(=O)NCCC1CCCC1)C(N)=S. The second-order valence-corrected chi connectivity index (χ2v) is 5.45. The fourth-order valence-corrected chi connectivity index (χ4v) is 2.74. The summed E-state index contributed by atoms with van der Waals surface area (Å²) in [6.07, 6.45) is 8.13. The standard InChI is InChI=1S/C13H24N2OS/c1-2-5-11(12(14)17)13(16)15-9-8-10-6-3-4-7-10/h10-11H,2-9H2,1H3,(H2,14,17)(H,15,16). The van der Waals surface area contributed by atoms with Crippen molar-refractivity contribution >= 4 is 23.1 Å². The molecule has 3 nitrogen and oxygen atoms in total. The molecule has 1 atom stereocenters. The zero-order valence-corrected chi connectivity index (χ0v) is 11.5. The van der Waals surface area contributed by atoms with Gasteiger partial charge in [0.15, 0.2) is 0 Å². The molecule has 0 aromatic rings. The van der Waals surface area contributed by atoms with Crippen LogP contribution in [-0.2, 0) is 4.79 Å². The van der Waals surface area contributed by atoms with Crippen LogP contribution in [0.3, 0.4) is 0 Å². The van der Waals surface area contributed by atoms with Gasteiger partial charge >= 0.3 is 0 Å². The summed E-state index contributed by atoms with van der Waals surface area (Å²) in [4.78, 5) is 12.2. The molecular weight excluding hydrogens is 232 g/mol. The van der Waals surface area contributed by atoms with Crippen LogP contribution < -0.4 is 11.1 Å². The molecule has 0 saturated heterocycles. The van der Waals surface area contributed by atoms with Gasteiger partial charge in [-0.05, 0) is 18.8 Å². The molecular formula is C13H24N2OS. The molecule has 17 heavy (non-hydrogen) atoms. The Labute approximate surface area is 110 Å². The van der Waals surface area contributed by atoms with Crippen molar-refractivity contribution < 1.29 is 4.79 Å². The molecule has 98 valence electrons. The molecule has 1 unspecified atom stereocenters. The average molecular weight is 256 g/mol. The Balaban J connectivity index is 2.23. The Morgan fingerprint density at radius 2 is 2.12 bits per heavy atom. The van der Waals surface area contributed by atoms with Crippen LogP contribution in [0, 0.1) is 11.8 Å². The van der Waals surface area contributed by atoms with E-state index in [1.807, 2.05) is 6.92 Å². The van der Waals surface area contributed by atoms with E-state index in [0.29, 0.717) is 4.99 Å². The van der Waals surface area contributed by atoms with Crippen LogP contribution in [0.2, 0.25) is 0 Å². The van der Waals surface area contributed by atoms with Crippen LogP contribution in [0.25, 0.3) is 0 Å². The summed E-state index contributed by atoms with van der Waals surface area (Å²) in [5, 5.41) is 2.97. The first-order valence-electron chi connectivity index (χ1n) is 6.72. The molecule has 1 aliphatic carbocycles. The van der Waals surface area contributed by atoms with Gasteiger partial charge in [0.25, 0.3) is 0 Å². The summed E-state index contributed by atoms with van der Waals surface area (Å²) in [6.45, 7) is 2.81. The first-order chi connectivity index (χ1) is 8.15. The van der Waals surface area contributed by atoms with E-state index in [-0.39, 0.29) is 11.8 Å². The molecule has 1 saturated carbocycles. The minimum absolute atomic E-state index is 0.0114. The Morgan fingerprint density at radius 1 is 1.47 bits per heavy atom. The maximum atomic E-state index is 11.9. The number of nitrogens with two attached hydrogens (primary N) is 1. The van der Waals surface area contributed by atoms with E-state index in [0.717, 1.165) is 31.7 Å². The van der Waals surface area contributed by atoms with Crippen molar-refractivity contribution in [3.63, 3.8) is 0 Å². The van der Waals surface area contributed by atoms with E-state index in [1.165, 1.54) is 25.7 Å². The van der Waals surface area contributed by atoms with Crippen LogP contribution in [0.15, 0.2) is 0 Å². The van der Waals surface area contributed by atoms with E-state index >= 15 is 0 Å². The third-order valence-electron chi connectivity index (χ3n) is 3.56. The highest BCUT2D eigenvalue weighted by molar-refractivity contribution is 7.80. The zero-order valence-electron chi connectivity index (χ0n) is 10.7. The van der Waals surface area contributed by atoms with Crippen molar-refractivity contribution in [2.45, 2.75) is 51.9 Å². The lowest BCUT2D eigenvalue weighted by Gasteiger charge is -2.15. The van der Waals surface area contributed by atoms with Gasteiger partial charge in [-0.2, -0.15) is 0 Å². The number of carbonyl (C=O) groups excluding carboxylic acids is 1. The molecule has 1 fully saturated rings. The highest BCUT2D eigenvalue weighted by Gasteiger charge is 2.20. The quantitative estimate of drug-likeness (QED) is 0.688. The Kier molecular flexibility index (Phi) is 6.48. The predicted molar refractivity (Wildman–Crippen MR) is 74.8 cm³/mol. The van der Waals surface area contributed by atoms with E-state index in [2.05, 4.69) is 5.32 Å². The number of amides is 1. The van der Waals surface area contributed by atoms with Crippen LogP contribution in [0.4, 0.5) is 0 Å². The third-order valence-corrected chi connectivity index (χ3v) is 3.85. The normalized spacial score (nSPS) is 17.9. The minimum atomic E-state index is -0.279. The maximum Gasteiger partial charge on any atom is 0.229 e. The van der Waals surface area contributed by atoms with Gasteiger partial charge in [0.05, 0.1) is 10.9 Å². The summed E-state index contributed by atoms with van der Waals surface area (Å²) >= 11 is 4.93. The Morgan fingerprint density at radius 3 is 2.65 bits per heavy atom. The largest absolute Gasteiger partial charge is 0.393 e. The average Bonchev–Trinajstić information content (AvgIpc) is 2.78. The van der Waals surface area contributed by atoms with E-state index < -0.39 is 0 Å². The number of hydrogen-bond donors (Lipinski definition) is 2. The summed E-state index contributed by atoms with van der Waals surface area (Å²) in [7, 11) is 0. The lowest BCUT2D eigenvalue weighted by Crippen LogP contribution is -2.38. The van der Waals surface area contributed by atoms with Crippen LogP contribution in [-0.4, -0.2) is 17.4 Å². The van der Waals surface area contributed by atoms with Crippen molar-refractivity contribution in [3.8, 4) is 0 Å². The van der Waals surface area contributed by atoms with Crippen LogP contribution in [0.5, 0.6) is 0 Å². The molecule has 0 aromatic heterocycles. The Bertz CT molecular complexity index is 262. The van der Waals surface area contributed by atoms with E-state index in [1.54, 1.807) is 0 Å². The van der Waals surface area contributed by atoms with Crippen molar-refractivity contribution in [3.05, 3.63) is 0 Å². The molecule has 0 radical (unpaired) electrons. The van der Waals surface area contributed by atoms with Gasteiger partial charge in [0.2, 0.25) is 5.91 Å². The molecule has 1 rings (SSSR count). The van der Waals surface area contributed by atoms with Crippen LogP contribution in [0.1, 0.15) is 51.9 Å². The second kappa shape index (κ2) is 7.64. The fourth-order valence-electron chi connectivity index (χ4n) is 2.51. The van der Waals surface area contributed by atoms with E-state index in [4.69, 9.17) is 18.0 Å². The van der Waals surface area contributed by atoms with Gasteiger partial charge < -0.3 is 11.1 Å². The molecule has 0 heterocycles. The molecule has 0 spiro atoms. The lowest BCUT2D eigenvalue weighted by molar-refractivity contribution is -0.123. The van der Waals surface area contributed by atoms with Gasteiger partial charge in [-0.1, -0.05) is 51.2 Å². The Hall–Kier alpha value is -0.640. The van der Waals surface area contributed by atoms with Crippen molar-refractivity contribution in [2.24, 2.45) is 17.6 Å². The van der Waals surface area contributed by atoms with Gasteiger partial charge in [0.1, 0.15) is 0 Å². The van der Waals surface area contributed by atoms with E-state index in [9.17, 15) is 4.79 Å². The molecule has 3 N–H and O–H groups in total. The first-order valence-corrected chi connectivity index (χ1v) is 7.13. The molecule has 4 heteroatoms. The second-order valence-electron chi connectivity index (χ2n) is 4.97. The molecule has 1 amide bonds. The zero-order chi connectivity index (χ0) is 12.7. The predicted octanol–water partition coefficient (Wildman–Crippen LogP) is 2.39. The highest BCUT2D eigenvalue weighted by Crippen LogP contribution is 2.26. The third kappa shape index (κ3) is 5.02. The molecule has 0 aromatic carbocycles. The summed E-state index contributed by atoms with van der Waals surface area (Å²) in [5.41, 5.74) is 5.59. The minimum Gasteiger partial charge on any atom is -0.393 e. The maximum absolute atomic E-state index is 11.9. The number of hydrogen-bond acceptors (Lipinski definition) is 2. The smallest absolute Gasteiger partial charge is 0.229 e.